The summed E-state index contributed by atoms with van der Waals surface area (Å²) in [7, 11) is 0. The van der Waals surface area contributed by atoms with Crippen LogP contribution in [-0.4, -0.2) is 29.3 Å². The summed E-state index contributed by atoms with van der Waals surface area (Å²) in [6.45, 7) is 3.73. The van der Waals surface area contributed by atoms with E-state index in [1.807, 2.05) is 0 Å². The third-order valence-electron chi connectivity index (χ3n) is 2.97. The average Bonchev–Trinajstić information content (AvgIpc) is 2.83. The van der Waals surface area contributed by atoms with Crippen LogP contribution in [0.2, 0.25) is 0 Å². The zero-order chi connectivity index (χ0) is 11.1. The summed E-state index contributed by atoms with van der Waals surface area (Å²) in [6, 6.07) is 6.32. The summed E-state index contributed by atoms with van der Waals surface area (Å²) in [5.41, 5.74) is 2.33. The van der Waals surface area contributed by atoms with Crippen LogP contribution in [0.25, 0.3) is 10.2 Å². The van der Waals surface area contributed by atoms with Crippen molar-refractivity contribution in [2.75, 3.05) is 18.0 Å². The minimum atomic E-state index is -0.186. The van der Waals surface area contributed by atoms with Gasteiger partial charge in [-0.2, -0.15) is 0 Å². The van der Waals surface area contributed by atoms with Crippen molar-refractivity contribution in [1.82, 2.24) is 4.98 Å². The smallest absolute Gasteiger partial charge is 0.186 e. The molecule has 1 fully saturated rings. The lowest BCUT2D eigenvalue weighted by Gasteiger charge is -2.12. The molecule has 0 amide bonds. The zero-order valence-electron chi connectivity index (χ0n) is 9.18. The summed E-state index contributed by atoms with van der Waals surface area (Å²) in [5, 5.41) is 10.6. The van der Waals surface area contributed by atoms with Crippen LogP contribution in [0, 0.1) is 6.92 Å². The van der Waals surface area contributed by atoms with Crippen LogP contribution < -0.4 is 4.90 Å². The Morgan fingerprint density at radius 3 is 3.12 bits per heavy atom. The number of rotatable bonds is 1. The van der Waals surface area contributed by atoms with E-state index in [-0.39, 0.29) is 6.10 Å². The van der Waals surface area contributed by atoms with Crippen molar-refractivity contribution in [3.8, 4) is 0 Å². The van der Waals surface area contributed by atoms with Crippen molar-refractivity contribution in [2.45, 2.75) is 19.4 Å². The molecule has 2 heterocycles. The number of β-amino-alcohol motifs (C(OH)–C–C–N with tert-alkyl or cyclic N) is 1. The molecule has 0 bridgehead atoms. The molecule has 1 aliphatic heterocycles. The highest BCUT2D eigenvalue weighted by Gasteiger charge is 2.22. The Morgan fingerprint density at radius 2 is 2.38 bits per heavy atom. The predicted molar refractivity (Wildman–Crippen MR) is 67.2 cm³/mol. The van der Waals surface area contributed by atoms with Gasteiger partial charge < -0.3 is 10.0 Å². The average molecular weight is 234 g/mol. The fraction of sp³-hybridized carbons (Fsp3) is 0.417. The van der Waals surface area contributed by atoms with Gasteiger partial charge in [-0.25, -0.2) is 4.98 Å². The number of hydrogen-bond donors (Lipinski definition) is 1. The van der Waals surface area contributed by atoms with Crippen LogP contribution in [0.4, 0.5) is 5.13 Å². The Labute approximate surface area is 98.3 Å². The largest absolute Gasteiger partial charge is 0.391 e. The maximum Gasteiger partial charge on any atom is 0.186 e. The first kappa shape index (κ1) is 10.1. The molecule has 2 aromatic rings. The molecule has 0 spiro atoms. The lowest BCUT2D eigenvalue weighted by molar-refractivity contribution is 0.198. The van der Waals surface area contributed by atoms with E-state index in [0.29, 0.717) is 0 Å². The van der Waals surface area contributed by atoms with Gasteiger partial charge in [-0.1, -0.05) is 17.4 Å². The number of fused-ring (bicyclic) bond motifs is 1. The summed E-state index contributed by atoms with van der Waals surface area (Å²) >= 11 is 1.71. The summed E-state index contributed by atoms with van der Waals surface area (Å²) in [5.74, 6) is 0. The molecule has 4 heteroatoms. The summed E-state index contributed by atoms with van der Waals surface area (Å²) in [4.78, 5) is 6.77. The molecule has 1 unspecified atom stereocenters. The number of benzene rings is 1. The molecular weight excluding hydrogens is 220 g/mol. The molecule has 3 nitrogen and oxygen atoms in total. The number of aryl methyl sites for hydroxylation is 1. The van der Waals surface area contributed by atoms with E-state index in [1.54, 1.807) is 11.3 Å². The van der Waals surface area contributed by atoms with Gasteiger partial charge in [0.2, 0.25) is 0 Å². The normalized spacial score (nSPS) is 20.9. The van der Waals surface area contributed by atoms with E-state index in [0.717, 1.165) is 30.2 Å². The van der Waals surface area contributed by atoms with Gasteiger partial charge in [0.25, 0.3) is 0 Å². The molecule has 1 N–H and O–H groups in total. The van der Waals surface area contributed by atoms with Crippen molar-refractivity contribution in [3.05, 3.63) is 23.8 Å². The number of nitrogens with zero attached hydrogens (tertiary/aromatic N) is 2. The van der Waals surface area contributed by atoms with Crippen molar-refractivity contribution in [2.24, 2.45) is 0 Å². The highest BCUT2D eigenvalue weighted by atomic mass is 32.1. The van der Waals surface area contributed by atoms with Gasteiger partial charge >= 0.3 is 0 Å². The van der Waals surface area contributed by atoms with Crippen LogP contribution >= 0.6 is 11.3 Å². The lowest BCUT2D eigenvalue weighted by Crippen LogP contribution is -2.20. The number of aliphatic hydroxyl groups excluding tert-OH is 1. The van der Waals surface area contributed by atoms with Crippen LogP contribution in [0.5, 0.6) is 0 Å². The Hall–Kier alpha value is -1.13. The molecule has 1 atom stereocenters. The first-order valence-electron chi connectivity index (χ1n) is 5.52. The fourth-order valence-electron chi connectivity index (χ4n) is 2.07. The molecule has 0 saturated carbocycles. The fourth-order valence-corrected chi connectivity index (χ4v) is 3.17. The second kappa shape index (κ2) is 3.71. The third-order valence-corrected chi connectivity index (χ3v) is 4.05. The van der Waals surface area contributed by atoms with Crippen LogP contribution in [0.3, 0.4) is 0 Å². The second-order valence-corrected chi connectivity index (χ2v) is 5.37. The zero-order valence-corrected chi connectivity index (χ0v) is 10.00. The molecule has 1 saturated heterocycles. The number of anilines is 1. The Bertz CT molecular complexity index is 523. The summed E-state index contributed by atoms with van der Waals surface area (Å²) < 4.78 is 1.23. The molecule has 16 heavy (non-hydrogen) atoms. The van der Waals surface area contributed by atoms with Crippen LogP contribution in [-0.2, 0) is 0 Å². The second-order valence-electron chi connectivity index (χ2n) is 4.36. The minimum Gasteiger partial charge on any atom is -0.391 e. The lowest BCUT2D eigenvalue weighted by atomic mass is 10.2. The summed E-state index contributed by atoms with van der Waals surface area (Å²) in [6.07, 6.45) is 0.670. The first-order chi connectivity index (χ1) is 7.72. The minimum absolute atomic E-state index is 0.186. The van der Waals surface area contributed by atoms with Crippen LogP contribution in [0.15, 0.2) is 18.2 Å². The van der Waals surface area contributed by atoms with Crippen molar-refractivity contribution < 1.29 is 5.11 Å². The maximum absolute atomic E-state index is 9.52. The third kappa shape index (κ3) is 1.68. The highest BCUT2D eigenvalue weighted by molar-refractivity contribution is 7.22. The van der Waals surface area contributed by atoms with E-state index in [4.69, 9.17) is 0 Å². The van der Waals surface area contributed by atoms with E-state index in [9.17, 15) is 5.11 Å². The molecule has 0 radical (unpaired) electrons. The van der Waals surface area contributed by atoms with Gasteiger partial charge in [0, 0.05) is 13.1 Å². The quantitative estimate of drug-likeness (QED) is 0.821. The van der Waals surface area contributed by atoms with Gasteiger partial charge in [0.1, 0.15) is 0 Å². The molecule has 1 aliphatic rings. The van der Waals surface area contributed by atoms with Crippen molar-refractivity contribution in [3.63, 3.8) is 0 Å². The molecule has 3 rings (SSSR count). The van der Waals surface area contributed by atoms with E-state index < -0.39 is 0 Å². The van der Waals surface area contributed by atoms with E-state index in [2.05, 4.69) is 35.0 Å². The van der Waals surface area contributed by atoms with Gasteiger partial charge in [0.15, 0.2) is 5.13 Å². The highest BCUT2D eigenvalue weighted by Crippen LogP contribution is 2.31. The molecule has 84 valence electrons. The van der Waals surface area contributed by atoms with Crippen molar-refractivity contribution in [1.29, 1.82) is 0 Å². The van der Waals surface area contributed by atoms with E-state index >= 15 is 0 Å². The SMILES string of the molecule is Cc1ccc2nc(N3CCC(O)C3)sc2c1. The molecule has 1 aromatic heterocycles. The van der Waals surface area contributed by atoms with E-state index in [1.165, 1.54) is 10.3 Å². The Balaban J connectivity index is 1.99. The topological polar surface area (TPSA) is 36.4 Å². The predicted octanol–water partition coefficient (Wildman–Crippen LogP) is 2.18. The van der Waals surface area contributed by atoms with Gasteiger partial charge in [-0.05, 0) is 31.0 Å². The van der Waals surface area contributed by atoms with Crippen molar-refractivity contribution >= 4 is 26.7 Å². The van der Waals surface area contributed by atoms with Gasteiger partial charge in [-0.15, -0.1) is 0 Å². The maximum atomic E-state index is 9.52. The number of hydrogen-bond acceptors (Lipinski definition) is 4. The van der Waals surface area contributed by atoms with Gasteiger partial charge in [-0.3, -0.25) is 0 Å². The molecular formula is C12H14N2OS. The number of aromatic nitrogens is 1. The molecule has 0 aliphatic carbocycles. The van der Waals surface area contributed by atoms with Gasteiger partial charge in [0.05, 0.1) is 16.3 Å². The Kier molecular flexibility index (Phi) is 2.33. The Morgan fingerprint density at radius 1 is 1.50 bits per heavy atom. The van der Waals surface area contributed by atoms with Crippen LogP contribution in [0.1, 0.15) is 12.0 Å². The number of aliphatic hydroxyl groups is 1. The molecule has 1 aromatic carbocycles. The number of thiazole rings is 1. The first-order valence-corrected chi connectivity index (χ1v) is 6.34. The standard InChI is InChI=1S/C12H14N2OS/c1-8-2-3-10-11(6-8)16-12(13-10)14-5-4-9(15)7-14/h2-3,6,9,15H,4-5,7H2,1H3. The monoisotopic (exact) mass is 234 g/mol.